The Morgan fingerprint density at radius 2 is 1.15 bits per heavy atom. The van der Waals surface area contributed by atoms with Gasteiger partial charge in [0.1, 0.15) is 11.9 Å². The van der Waals surface area contributed by atoms with E-state index in [1.165, 1.54) is 43.4 Å². The highest BCUT2D eigenvalue weighted by Gasteiger charge is 2.25. The standard InChI is InChI=1S/C32H22N2/c1-3-10-24-19-26(15-13-21(24)7-1)30-29-18-17-23-9-5-6-12-28(23)31(29)34-32(33-30)27-16-14-22-8-2-4-11-25(22)20-27/h1-20,30H,(H,33,34). The van der Waals surface area contributed by atoms with Crippen molar-refractivity contribution in [2.75, 3.05) is 5.32 Å². The average Bonchev–Trinajstić information content (AvgIpc) is 2.91. The first-order chi connectivity index (χ1) is 16.8. The van der Waals surface area contributed by atoms with Gasteiger partial charge in [0.15, 0.2) is 0 Å². The van der Waals surface area contributed by atoms with Crippen molar-refractivity contribution in [2.45, 2.75) is 6.04 Å². The van der Waals surface area contributed by atoms with Crippen LogP contribution >= 0.6 is 0 Å². The first-order valence-electron chi connectivity index (χ1n) is 11.7. The van der Waals surface area contributed by atoms with E-state index in [0.29, 0.717) is 0 Å². The summed E-state index contributed by atoms with van der Waals surface area (Å²) in [7, 11) is 0. The van der Waals surface area contributed by atoms with E-state index in [-0.39, 0.29) is 6.04 Å². The van der Waals surface area contributed by atoms with E-state index in [1.54, 1.807) is 0 Å². The van der Waals surface area contributed by atoms with Crippen LogP contribution in [0.15, 0.2) is 126 Å². The molecule has 0 aromatic heterocycles. The Hall–Kier alpha value is -4.43. The molecule has 6 aromatic rings. The number of amidine groups is 1. The van der Waals surface area contributed by atoms with Crippen LogP contribution in [0.3, 0.4) is 0 Å². The number of hydrogen-bond donors (Lipinski definition) is 1. The average molecular weight is 435 g/mol. The number of rotatable bonds is 2. The highest BCUT2D eigenvalue weighted by atomic mass is 15.0. The summed E-state index contributed by atoms with van der Waals surface area (Å²) in [4.78, 5) is 5.29. The first kappa shape index (κ1) is 19.1. The van der Waals surface area contributed by atoms with Gasteiger partial charge in [-0.2, -0.15) is 0 Å². The van der Waals surface area contributed by atoms with Gasteiger partial charge in [-0.15, -0.1) is 0 Å². The Kier molecular flexibility index (Phi) is 4.25. The number of aliphatic imine (C=N–C) groups is 1. The SMILES string of the molecule is c1ccc2cc(C3=NC(c4ccc5ccccc5c4)c4ccc5ccccc5c4N3)ccc2c1. The fourth-order valence-electron chi connectivity index (χ4n) is 5.12. The normalized spacial score (nSPS) is 15.2. The minimum absolute atomic E-state index is 0.0769. The van der Waals surface area contributed by atoms with Crippen molar-refractivity contribution in [1.82, 2.24) is 0 Å². The second kappa shape index (κ2) is 7.57. The van der Waals surface area contributed by atoms with Gasteiger partial charge in [0.05, 0.1) is 5.69 Å². The predicted molar refractivity (Wildman–Crippen MR) is 144 cm³/mol. The molecule has 0 saturated carbocycles. The number of benzene rings is 6. The van der Waals surface area contributed by atoms with E-state index in [0.717, 1.165) is 17.1 Å². The first-order valence-corrected chi connectivity index (χ1v) is 11.7. The molecule has 0 aliphatic carbocycles. The fourth-order valence-corrected chi connectivity index (χ4v) is 5.12. The van der Waals surface area contributed by atoms with Crippen LogP contribution in [-0.4, -0.2) is 5.84 Å². The summed E-state index contributed by atoms with van der Waals surface area (Å²) in [5, 5.41) is 11.1. The molecule has 160 valence electrons. The van der Waals surface area contributed by atoms with Crippen molar-refractivity contribution in [3.05, 3.63) is 138 Å². The fraction of sp³-hybridized carbons (Fsp3) is 0.0312. The third-order valence-corrected chi connectivity index (χ3v) is 6.87. The van der Waals surface area contributed by atoms with E-state index in [1.807, 2.05) is 0 Å². The van der Waals surface area contributed by atoms with Crippen LogP contribution < -0.4 is 5.32 Å². The summed E-state index contributed by atoms with van der Waals surface area (Å²) in [5.74, 6) is 0.910. The zero-order valence-electron chi connectivity index (χ0n) is 18.6. The van der Waals surface area contributed by atoms with E-state index in [4.69, 9.17) is 4.99 Å². The highest BCUT2D eigenvalue weighted by Crippen LogP contribution is 2.40. The van der Waals surface area contributed by atoms with E-state index < -0.39 is 0 Å². The smallest absolute Gasteiger partial charge is 0.133 e. The number of nitrogens with one attached hydrogen (secondary N) is 1. The largest absolute Gasteiger partial charge is 0.339 e. The van der Waals surface area contributed by atoms with Gasteiger partial charge in [-0.05, 0) is 44.6 Å². The lowest BCUT2D eigenvalue weighted by Crippen LogP contribution is -2.22. The Balaban J connectivity index is 1.46. The molecule has 0 amide bonds. The molecule has 34 heavy (non-hydrogen) atoms. The monoisotopic (exact) mass is 434 g/mol. The third kappa shape index (κ3) is 3.07. The van der Waals surface area contributed by atoms with Crippen LogP contribution in [0.2, 0.25) is 0 Å². The van der Waals surface area contributed by atoms with Crippen LogP contribution in [0.4, 0.5) is 5.69 Å². The maximum absolute atomic E-state index is 5.29. The number of nitrogens with zero attached hydrogens (tertiary/aromatic N) is 1. The highest BCUT2D eigenvalue weighted by molar-refractivity contribution is 6.15. The number of fused-ring (bicyclic) bond motifs is 5. The lowest BCUT2D eigenvalue weighted by molar-refractivity contribution is 0.867. The molecule has 0 bridgehead atoms. The quantitative estimate of drug-likeness (QED) is 0.292. The summed E-state index contributed by atoms with van der Waals surface area (Å²) in [6, 6.07) is 43.2. The van der Waals surface area contributed by atoms with E-state index >= 15 is 0 Å². The summed E-state index contributed by atoms with van der Waals surface area (Å²) in [5.41, 5.74) is 4.66. The maximum atomic E-state index is 5.29. The Morgan fingerprint density at radius 1 is 0.529 bits per heavy atom. The van der Waals surface area contributed by atoms with Crippen molar-refractivity contribution < 1.29 is 0 Å². The van der Waals surface area contributed by atoms with Crippen LogP contribution in [0.25, 0.3) is 32.3 Å². The second-order valence-electron chi connectivity index (χ2n) is 8.92. The zero-order valence-corrected chi connectivity index (χ0v) is 18.6. The van der Waals surface area contributed by atoms with Gasteiger partial charge in [0.2, 0.25) is 0 Å². The molecule has 6 aromatic carbocycles. The number of hydrogen-bond acceptors (Lipinski definition) is 2. The minimum Gasteiger partial charge on any atom is -0.339 e. The molecule has 7 rings (SSSR count). The third-order valence-electron chi connectivity index (χ3n) is 6.87. The topological polar surface area (TPSA) is 24.4 Å². The molecule has 0 saturated heterocycles. The van der Waals surface area contributed by atoms with Crippen molar-refractivity contribution >= 4 is 43.8 Å². The molecule has 0 spiro atoms. The van der Waals surface area contributed by atoms with E-state index in [2.05, 4.69) is 127 Å². The molecular weight excluding hydrogens is 412 g/mol. The molecule has 0 fully saturated rings. The van der Waals surface area contributed by atoms with Crippen LogP contribution in [0, 0.1) is 0 Å². The summed E-state index contributed by atoms with van der Waals surface area (Å²) >= 11 is 0. The van der Waals surface area contributed by atoms with Crippen LogP contribution in [-0.2, 0) is 0 Å². The molecule has 0 radical (unpaired) electrons. The Morgan fingerprint density at radius 3 is 1.94 bits per heavy atom. The van der Waals surface area contributed by atoms with E-state index in [9.17, 15) is 0 Å². The molecule has 2 nitrogen and oxygen atoms in total. The van der Waals surface area contributed by atoms with Crippen molar-refractivity contribution in [1.29, 1.82) is 0 Å². The van der Waals surface area contributed by atoms with Gasteiger partial charge in [-0.25, -0.2) is 0 Å². The molecule has 1 N–H and O–H groups in total. The zero-order chi connectivity index (χ0) is 22.5. The molecular formula is C32H22N2. The predicted octanol–water partition coefficient (Wildman–Crippen LogP) is 8.11. The van der Waals surface area contributed by atoms with Gasteiger partial charge in [-0.3, -0.25) is 4.99 Å². The lowest BCUT2D eigenvalue weighted by Gasteiger charge is -2.27. The molecule has 1 unspecified atom stereocenters. The summed E-state index contributed by atoms with van der Waals surface area (Å²) < 4.78 is 0. The summed E-state index contributed by atoms with van der Waals surface area (Å²) in [6.07, 6.45) is 0. The number of anilines is 1. The lowest BCUT2D eigenvalue weighted by atomic mass is 9.91. The minimum atomic E-state index is -0.0769. The Bertz CT molecular complexity index is 1750. The Labute approximate surface area is 198 Å². The van der Waals surface area contributed by atoms with Crippen molar-refractivity contribution in [2.24, 2.45) is 4.99 Å². The molecule has 1 heterocycles. The van der Waals surface area contributed by atoms with Gasteiger partial charge in [-0.1, -0.05) is 109 Å². The molecule has 2 heteroatoms. The van der Waals surface area contributed by atoms with Gasteiger partial charge in [0.25, 0.3) is 0 Å². The van der Waals surface area contributed by atoms with Crippen LogP contribution in [0.5, 0.6) is 0 Å². The van der Waals surface area contributed by atoms with Gasteiger partial charge >= 0.3 is 0 Å². The van der Waals surface area contributed by atoms with Crippen molar-refractivity contribution in [3.63, 3.8) is 0 Å². The van der Waals surface area contributed by atoms with Crippen LogP contribution in [0.1, 0.15) is 22.7 Å². The summed E-state index contributed by atoms with van der Waals surface area (Å²) in [6.45, 7) is 0. The molecule has 1 atom stereocenters. The second-order valence-corrected chi connectivity index (χ2v) is 8.92. The molecule has 1 aliphatic heterocycles. The molecule has 1 aliphatic rings. The van der Waals surface area contributed by atoms with Crippen molar-refractivity contribution in [3.8, 4) is 0 Å². The van der Waals surface area contributed by atoms with Gasteiger partial charge in [0, 0.05) is 16.5 Å². The van der Waals surface area contributed by atoms with Gasteiger partial charge < -0.3 is 5.32 Å². The maximum Gasteiger partial charge on any atom is 0.133 e.